The van der Waals surface area contributed by atoms with Gasteiger partial charge in [0.05, 0.1) is 13.0 Å². The third-order valence-corrected chi connectivity index (χ3v) is 3.08. The van der Waals surface area contributed by atoms with Crippen LogP contribution in [0.4, 0.5) is 0 Å². The summed E-state index contributed by atoms with van der Waals surface area (Å²) in [7, 11) is 3.37. The molecular formula is C11H20NO2. The summed E-state index contributed by atoms with van der Waals surface area (Å²) in [5.74, 6) is 0.106. The third kappa shape index (κ3) is 3.29. The number of methoxy groups -OCH3 is 1. The highest BCUT2D eigenvalue weighted by atomic mass is 16.5. The first-order valence-electron chi connectivity index (χ1n) is 5.44. The van der Waals surface area contributed by atoms with Crippen molar-refractivity contribution in [3.8, 4) is 0 Å². The number of esters is 1. The highest BCUT2D eigenvalue weighted by Crippen LogP contribution is 2.23. The second-order valence-electron chi connectivity index (χ2n) is 3.99. The number of hydrogen-bond acceptors (Lipinski definition) is 2. The Bertz CT molecular complexity index is 172. The molecule has 0 aromatic rings. The lowest BCUT2D eigenvalue weighted by atomic mass is 9.89. The Hall–Kier alpha value is -0.570. The number of hydrogen-bond donors (Lipinski definition) is 0. The van der Waals surface area contributed by atoms with Crippen molar-refractivity contribution >= 4 is 5.97 Å². The van der Waals surface area contributed by atoms with Crippen LogP contribution in [0.2, 0.25) is 0 Å². The first-order valence-corrected chi connectivity index (χ1v) is 5.44. The van der Waals surface area contributed by atoms with E-state index in [0.29, 0.717) is 6.04 Å². The molecule has 81 valence electrons. The molecule has 0 aromatic heterocycles. The minimum atomic E-state index is -0.0307. The fraction of sp³-hybridized carbons (Fsp3) is 0.909. The Labute approximate surface area is 86.2 Å². The van der Waals surface area contributed by atoms with Crippen molar-refractivity contribution < 1.29 is 9.53 Å². The second-order valence-corrected chi connectivity index (χ2v) is 3.99. The van der Waals surface area contributed by atoms with Crippen LogP contribution < -0.4 is 5.32 Å². The fourth-order valence-corrected chi connectivity index (χ4v) is 2.15. The largest absolute Gasteiger partial charge is 0.469 e. The van der Waals surface area contributed by atoms with Crippen molar-refractivity contribution in [2.45, 2.75) is 44.6 Å². The first kappa shape index (κ1) is 11.5. The van der Waals surface area contributed by atoms with Gasteiger partial charge in [0.15, 0.2) is 0 Å². The molecule has 0 heterocycles. The summed E-state index contributed by atoms with van der Waals surface area (Å²) < 4.78 is 4.78. The lowest BCUT2D eigenvalue weighted by molar-refractivity contribution is -0.146. The molecule has 1 saturated carbocycles. The maximum Gasteiger partial charge on any atom is 0.308 e. The van der Waals surface area contributed by atoms with Crippen LogP contribution in [0.5, 0.6) is 0 Å². The van der Waals surface area contributed by atoms with E-state index < -0.39 is 0 Å². The quantitative estimate of drug-likeness (QED) is 0.634. The van der Waals surface area contributed by atoms with Gasteiger partial charge in [0.1, 0.15) is 0 Å². The van der Waals surface area contributed by atoms with Gasteiger partial charge in [-0.3, -0.25) is 4.79 Å². The van der Waals surface area contributed by atoms with Crippen molar-refractivity contribution in [1.82, 2.24) is 5.32 Å². The highest BCUT2D eigenvalue weighted by molar-refractivity contribution is 5.72. The molecule has 0 aromatic carbocycles. The van der Waals surface area contributed by atoms with E-state index in [2.05, 4.69) is 5.32 Å². The Kier molecular flexibility index (Phi) is 4.94. The lowest BCUT2D eigenvalue weighted by Crippen LogP contribution is -2.24. The zero-order valence-corrected chi connectivity index (χ0v) is 9.16. The molecule has 1 aliphatic rings. The first-order chi connectivity index (χ1) is 6.77. The van der Waals surface area contributed by atoms with E-state index in [-0.39, 0.29) is 11.9 Å². The third-order valence-electron chi connectivity index (χ3n) is 3.08. The molecule has 0 spiro atoms. The number of nitrogens with zero attached hydrogens (tertiary/aromatic N) is 1. The van der Waals surface area contributed by atoms with Crippen molar-refractivity contribution in [1.29, 1.82) is 0 Å². The van der Waals surface area contributed by atoms with Gasteiger partial charge in [0, 0.05) is 13.1 Å². The fourth-order valence-electron chi connectivity index (χ4n) is 2.15. The van der Waals surface area contributed by atoms with Crippen LogP contribution in [0, 0.1) is 5.92 Å². The SMILES string of the molecule is C[N]C1CCCC(C(=O)OC)CCC1. The van der Waals surface area contributed by atoms with Gasteiger partial charge in [-0.05, 0) is 25.7 Å². The molecule has 1 rings (SSSR count). The van der Waals surface area contributed by atoms with E-state index in [4.69, 9.17) is 4.74 Å². The normalized spacial score (nSPS) is 29.0. The molecule has 3 heteroatoms. The van der Waals surface area contributed by atoms with Gasteiger partial charge in [-0.25, -0.2) is 5.32 Å². The molecular weight excluding hydrogens is 178 g/mol. The van der Waals surface area contributed by atoms with Crippen LogP contribution in [-0.4, -0.2) is 26.2 Å². The summed E-state index contributed by atoms with van der Waals surface area (Å²) in [6, 6.07) is 0.522. The summed E-state index contributed by atoms with van der Waals surface area (Å²) >= 11 is 0. The van der Waals surface area contributed by atoms with Crippen molar-refractivity contribution in [2.75, 3.05) is 14.2 Å². The predicted octanol–water partition coefficient (Wildman–Crippen LogP) is 1.73. The predicted molar refractivity (Wildman–Crippen MR) is 55.1 cm³/mol. The van der Waals surface area contributed by atoms with Crippen molar-refractivity contribution in [3.05, 3.63) is 0 Å². The summed E-state index contributed by atoms with van der Waals surface area (Å²) in [5, 5.41) is 4.32. The lowest BCUT2D eigenvalue weighted by Gasteiger charge is -2.21. The van der Waals surface area contributed by atoms with Gasteiger partial charge in [-0.1, -0.05) is 12.8 Å². The van der Waals surface area contributed by atoms with Crippen LogP contribution in [0.15, 0.2) is 0 Å². The van der Waals surface area contributed by atoms with Crippen LogP contribution in [0.1, 0.15) is 38.5 Å². The highest BCUT2D eigenvalue weighted by Gasteiger charge is 2.22. The Morgan fingerprint density at radius 3 is 2.21 bits per heavy atom. The van der Waals surface area contributed by atoms with Crippen LogP contribution in [0.3, 0.4) is 0 Å². The van der Waals surface area contributed by atoms with Gasteiger partial charge in [-0.2, -0.15) is 0 Å². The van der Waals surface area contributed by atoms with E-state index in [1.165, 1.54) is 7.11 Å². The molecule has 14 heavy (non-hydrogen) atoms. The van der Waals surface area contributed by atoms with Crippen LogP contribution in [-0.2, 0) is 9.53 Å². The molecule has 0 saturated heterocycles. The van der Waals surface area contributed by atoms with Gasteiger partial charge in [-0.15, -0.1) is 0 Å². The van der Waals surface area contributed by atoms with E-state index in [1.54, 1.807) is 0 Å². The smallest absolute Gasteiger partial charge is 0.308 e. The van der Waals surface area contributed by atoms with E-state index in [0.717, 1.165) is 38.5 Å². The topological polar surface area (TPSA) is 40.4 Å². The molecule has 1 aliphatic carbocycles. The molecule has 3 nitrogen and oxygen atoms in total. The molecule has 0 N–H and O–H groups in total. The maximum atomic E-state index is 11.3. The average molecular weight is 198 g/mol. The Morgan fingerprint density at radius 1 is 1.21 bits per heavy atom. The summed E-state index contributed by atoms with van der Waals surface area (Å²) in [4.78, 5) is 11.3. The minimum Gasteiger partial charge on any atom is -0.469 e. The standard InChI is InChI=1S/C11H20NO2/c1-12-10-7-3-5-9(6-4-8-10)11(13)14-2/h9-10H,3-8H2,1-2H3. The van der Waals surface area contributed by atoms with Gasteiger partial charge < -0.3 is 4.74 Å². The second kappa shape index (κ2) is 6.02. The monoisotopic (exact) mass is 198 g/mol. The van der Waals surface area contributed by atoms with Gasteiger partial charge in [0.2, 0.25) is 0 Å². The van der Waals surface area contributed by atoms with Gasteiger partial charge in [0.25, 0.3) is 0 Å². The summed E-state index contributed by atoms with van der Waals surface area (Å²) in [6.45, 7) is 0. The summed E-state index contributed by atoms with van der Waals surface area (Å²) in [6.07, 6.45) is 6.40. The zero-order valence-electron chi connectivity index (χ0n) is 9.16. The Balaban J connectivity index is 2.36. The maximum absolute atomic E-state index is 11.3. The number of rotatable bonds is 2. The average Bonchev–Trinajstić information content (AvgIpc) is 2.17. The van der Waals surface area contributed by atoms with Crippen molar-refractivity contribution in [2.24, 2.45) is 5.92 Å². The molecule has 0 unspecified atom stereocenters. The minimum absolute atomic E-state index is 0.0307. The number of carbonyl (C=O) groups excluding carboxylic acids is 1. The Morgan fingerprint density at radius 2 is 1.79 bits per heavy atom. The zero-order chi connectivity index (χ0) is 10.4. The van der Waals surface area contributed by atoms with E-state index >= 15 is 0 Å². The van der Waals surface area contributed by atoms with Gasteiger partial charge >= 0.3 is 5.97 Å². The van der Waals surface area contributed by atoms with E-state index in [1.807, 2.05) is 7.05 Å². The van der Waals surface area contributed by atoms with E-state index in [9.17, 15) is 4.79 Å². The molecule has 1 fully saturated rings. The van der Waals surface area contributed by atoms with Crippen LogP contribution in [0.25, 0.3) is 0 Å². The molecule has 0 amide bonds. The van der Waals surface area contributed by atoms with Crippen LogP contribution >= 0.6 is 0 Å². The molecule has 0 bridgehead atoms. The molecule has 0 aliphatic heterocycles. The molecule has 0 atom stereocenters. The van der Waals surface area contributed by atoms with Crippen molar-refractivity contribution in [3.63, 3.8) is 0 Å². The molecule has 1 radical (unpaired) electrons. The summed E-state index contributed by atoms with van der Waals surface area (Å²) in [5.41, 5.74) is 0. The number of ether oxygens (including phenoxy) is 1. The number of carbonyl (C=O) groups is 1.